The third-order valence-electron chi connectivity index (χ3n) is 2.00. The number of hydrogen-bond acceptors (Lipinski definition) is 2. The first-order valence-electron chi connectivity index (χ1n) is 4.19. The van der Waals surface area contributed by atoms with Crippen LogP contribution in [0.5, 0.6) is 0 Å². The predicted octanol–water partition coefficient (Wildman–Crippen LogP) is 2.05. The fourth-order valence-electron chi connectivity index (χ4n) is 1.40. The van der Waals surface area contributed by atoms with Crippen LogP contribution in [0.4, 0.5) is 13.2 Å². The number of carboxylic acid groups (broad SMARTS) is 1. The van der Waals surface area contributed by atoms with Gasteiger partial charge in [-0.2, -0.15) is 13.2 Å². The minimum Gasteiger partial charge on any atom is -0.476 e. The summed E-state index contributed by atoms with van der Waals surface area (Å²) in [6.45, 7) is 0. The van der Waals surface area contributed by atoms with Gasteiger partial charge in [0, 0.05) is 6.20 Å². The highest BCUT2D eigenvalue weighted by atomic mass is 19.4. The van der Waals surface area contributed by atoms with Crippen LogP contribution in [0.15, 0.2) is 24.4 Å². The third-order valence-corrected chi connectivity index (χ3v) is 2.00. The molecule has 7 heteroatoms. The van der Waals surface area contributed by atoms with Crippen molar-refractivity contribution in [1.29, 1.82) is 0 Å². The Morgan fingerprint density at radius 2 is 2.06 bits per heavy atom. The van der Waals surface area contributed by atoms with Gasteiger partial charge in [0.1, 0.15) is 0 Å². The smallest absolute Gasteiger partial charge is 0.450 e. The normalized spacial score (nSPS) is 11.9. The van der Waals surface area contributed by atoms with Crippen molar-refractivity contribution in [2.24, 2.45) is 0 Å². The van der Waals surface area contributed by atoms with Gasteiger partial charge >= 0.3 is 12.1 Å². The van der Waals surface area contributed by atoms with E-state index >= 15 is 0 Å². The number of carboxylic acids is 1. The van der Waals surface area contributed by atoms with Crippen molar-refractivity contribution >= 4 is 11.5 Å². The van der Waals surface area contributed by atoms with Gasteiger partial charge in [-0.25, -0.2) is 9.78 Å². The van der Waals surface area contributed by atoms with Crippen LogP contribution in [0.25, 0.3) is 5.52 Å². The van der Waals surface area contributed by atoms with Crippen LogP contribution in [0.3, 0.4) is 0 Å². The number of fused-ring (bicyclic) bond motifs is 1. The summed E-state index contributed by atoms with van der Waals surface area (Å²) in [5.41, 5.74) is -0.685. The van der Waals surface area contributed by atoms with Crippen molar-refractivity contribution < 1.29 is 23.1 Å². The summed E-state index contributed by atoms with van der Waals surface area (Å²) >= 11 is 0. The topological polar surface area (TPSA) is 54.6 Å². The molecule has 0 spiro atoms. The molecule has 0 saturated heterocycles. The molecule has 0 aromatic carbocycles. The maximum atomic E-state index is 12.5. The van der Waals surface area contributed by atoms with Crippen LogP contribution in [-0.2, 0) is 6.18 Å². The lowest BCUT2D eigenvalue weighted by Gasteiger charge is -2.03. The molecule has 0 atom stereocenters. The van der Waals surface area contributed by atoms with E-state index in [1.165, 1.54) is 18.2 Å². The fourth-order valence-corrected chi connectivity index (χ4v) is 1.40. The number of imidazole rings is 1. The molecule has 4 nitrogen and oxygen atoms in total. The van der Waals surface area contributed by atoms with Crippen LogP contribution >= 0.6 is 0 Å². The lowest BCUT2D eigenvalue weighted by Crippen LogP contribution is -2.10. The maximum absolute atomic E-state index is 12.5. The second kappa shape index (κ2) is 3.22. The first-order valence-corrected chi connectivity index (χ1v) is 4.19. The molecule has 0 aliphatic heterocycles. The second-order valence-corrected chi connectivity index (χ2v) is 3.04. The highest BCUT2D eigenvalue weighted by molar-refractivity contribution is 5.93. The van der Waals surface area contributed by atoms with E-state index in [2.05, 4.69) is 4.98 Å². The average molecular weight is 230 g/mol. The first kappa shape index (κ1) is 10.5. The summed E-state index contributed by atoms with van der Waals surface area (Å²) < 4.78 is 38.3. The Kier molecular flexibility index (Phi) is 2.11. The Morgan fingerprint density at radius 1 is 1.38 bits per heavy atom. The van der Waals surface area contributed by atoms with Crippen LogP contribution in [0.1, 0.15) is 16.3 Å². The molecule has 0 aliphatic rings. The van der Waals surface area contributed by atoms with Gasteiger partial charge in [-0.1, -0.05) is 6.07 Å². The molecule has 0 bridgehead atoms. The van der Waals surface area contributed by atoms with E-state index in [-0.39, 0.29) is 5.52 Å². The van der Waals surface area contributed by atoms with Gasteiger partial charge in [-0.15, -0.1) is 0 Å². The molecule has 2 rings (SSSR count). The van der Waals surface area contributed by atoms with E-state index < -0.39 is 23.7 Å². The zero-order valence-corrected chi connectivity index (χ0v) is 7.69. The molecule has 84 valence electrons. The van der Waals surface area contributed by atoms with E-state index in [0.29, 0.717) is 4.40 Å². The van der Waals surface area contributed by atoms with Crippen molar-refractivity contribution in [3.05, 3.63) is 35.9 Å². The molecule has 2 heterocycles. The molecule has 0 radical (unpaired) electrons. The molecular formula is C9H5F3N2O2. The number of halogens is 3. The van der Waals surface area contributed by atoms with Crippen LogP contribution in [0.2, 0.25) is 0 Å². The summed E-state index contributed by atoms with van der Waals surface area (Å²) in [6, 6.07) is 4.09. The number of nitrogens with zero attached hydrogens (tertiary/aromatic N) is 2. The van der Waals surface area contributed by atoms with Crippen molar-refractivity contribution in [3.63, 3.8) is 0 Å². The number of rotatable bonds is 1. The molecule has 0 amide bonds. The fraction of sp³-hybridized carbons (Fsp3) is 0.111. The average Bonchev–Trinajstić information content (AvgIpc) is 2.56. The monoisotopic (exact) mass is 230 g/mol. The number of pyridine rings is 1. The van der Waals surface area contributed by atoms with E-state index in [1.54, 1.807) is 0 Å². The van der Waals surface area contributed by atoms with Gasteiger partial charge in [0.25, 0.3) is 0 Å². The third kappa shape index (κ3) is 1.50. The van der Waals surface area contributed by atoms with E-state index in [4.69, 9.17) is 5.11 Å². The van der Waals surface area contributed by atoms with Gasteiger partial charge < -0.3 is 5.11 Å². The first-order chi connectivity index (χ1) is 7.41. The minimum absolute atomic E-state index is 0.0812. The Labute approximate surface area is 87.0 Å². The summed E-state index contributed by atoms with van der Waals surface area (Å²) in [5, 5.41) is 8.72. The number of carbonyl (C=O) groups is 1. The van der Waals surface area contributed by atoms with Gasteiger partial charge in [0.2, 0.25) is 5.82 Å². The lowest BCUT2D eigenvalue weighted by molar-refractivity contribution is -0.145. The van der Waals surface area contributed by atoms with E-state index in [0.717, 1.165) is 6.20 Å². The molecule has 0 fully saturated rings. The quantitative estimate of drug-likeness (QED) is 0.815. The van der Waals surface area contributed by atoms with Gasteiger partial charge in [0.05, 0.1) is 5.52 Å². The molecule has 1 N–H and O–H groups in total. The van der Waals surface area contributed by atoms with Crippen molar-refractivity contribution in [2.75, 3.05) is 0 Å². The van der Waals surface area contributed by atoms with E-state index in [1.807, 2.05) is 0 Å². The molecule has 0 saturated carbocycles. The van der Waals surface area contributed by atoms with Crippen molar-refractivity contribution in [1.82, 2.24) is 9.38 Å². The largest absolute Gasteiger partial charge is 0.476 e. The minimum atomic E-state index is -4.68. The number of aromatic nitrogens is 2. The maximum Gasteiger partial charge on any atom is 0.450 e. The highest BCUT2D eigenvalue weighted by Gasteiger charge is 2.37. The zero-order chi connectivity index (χ0) is 11.9. The molecule has 0 unspecified atom stereocenters. The summed E-state index contributed by atoms with van der Waals surface area (Å²) in [4.78, 5) is 13.8. The van der Waals surface area contributed by atoms with Crippen molar-refractivity contribution in [3.8, 4) is 0 Å². The Bertz CT molecular complexity index is 559. The number of hydrogen-bond donors (Lipinski definition) is 1. The number of alkyl halides is 3. The molecule has 0 aliphatic carbocycles. The highest BCUT2D eigenvalue weighted by Crippen LogP contribution is 2.30. The van der Waals surface area contributed by atoms with Crippen molar-refractivity contribution in [2.45, 2.75) is 6.18 Å². The predicted molar refractivity (Wildman–Crippen MR) is 47.2 cm³/mol. The number of aromatic carboxylic acids is 1. The lowest BCUT2D eigenvalue weighted by atomic mass is 10.3. The molecular weight excluding hydrogens is 225 g/mol. The molecule has 2 aromatic rings. The summed E-state index contributed by atoms with van der Waals surface area (Å²) in [6.07, 6.45) is -3.56. The summed E-state index contributed by atoms with van der Waals surface area (Å²) in [7, 11) is 0. The van der Waals surface area contributed by atoms with E-state index in [9.17, 15) is 18.0 Å². The Hall–Kier alpha value is -2.05. The Morgan fingerprint density at radius 3 is 2.62 bits per heavy atom. The van der Waals surface area contributed by atoms with Gasteiger partial charge in [-0.3, -0.25) is 4.40 Å². The summed E-state index contributed by atoms with van der Waals surface area (Å²) in [5.74, 6) is -2.72. The van der Waals surface area contributed by atoms with Gasteiger partial charge in [-0.05, 0) is 12.1 Å². The molecule has 2 aromatic heterocycles. The van der Waals surface area contributed by atoms with Crippen LogP contribution in [0, 0.1) is 0 Å². The van der Waals surface area contributed by atoms with Crippen LogP contribution in [-0.4, -0.2) is 20.5 Å². The van der Waals surface area contributed by atoms with Gasteiger partial charge in [0.15, 0.2) is 5.69 Å². The second-order valence-electron chi connectivity index (χ2n) is 3.04. The standard InChI is InChI=1S/C9H5F3N2O2/c10-9(11,12)8-13-6(7(15)16)5-3-1-2-4-14(5)8/h1-4H,(H,15,16). The Balaban J connectivity index is 2.82. The zero-order valence-electron chi connectivity index (χ0n) is 7.69. The molecule has 16 heavy (non-hydrogen) atoms. The SMILES string of the molecule is O=C(O)c1nc(C(F)(F)F)n2ccccc12. The van der Waals surface area contributed by atoms with Crippen LogP contribution < -0.4 is 0 Å².